The molecular formula is C15H27IN4OS. The van der Waals surface area contributed by atoms with Gasteiger partial charge in [0.05, 0.1) is 25.8 Å². The quantitative estimate of drug-likeness (QED) is 0.407. The number of morpholine rings is 1. The lowest BCUT2D eigenvalue weighted by Crippen LogP contribution is -2.41. The van der Waals surface area contributed by atoms with Crippen LogP contribution in [0, 0.1) is 0 Å². The molecule has 1 aliphatic heterocycles. The molecule has 2 rings (SSSR count). The Morgan fingerprint density at radius 3 is 2.55 bits per heavy atom. The van der Waals surface area contributed by atoms with Crippen molar-refractivity contribution in [3.63, 3.8) is 0 Å². The fourth-order valence-corrected chi connectivity index (χ4v) is 3.29. The lowest BCUT2D eigenvalue weighted by atomic mass is 10.2. The first-order chi connectivity index (χ1) is 10.3. The van der Waals surface area contributed by atoms with Crippen LogP contribution in [0.4, 0.5) is 0 Å². The Labute approximate surface area is 154 Å². The normalized spacial score (nSPS) is 16.5. The molecule has 0 saturated carbocycles. The number of aliphatic imine (C=N–C) groups is 1. The third-order valence-corrected chi connectivity index (χ3v) is 4.44. The van der Waals surface area contributed by atoms with Gasteiger partial charge in [0.1, 0.15) is 0 Å². The number of ether oxygens (including phenoxy) is 1. The van der Waals surface area contributed by atoms with Gasteiger partial charge in [-0.15, -0.1) is 35.3 Å². The molecule has 1 fully saturated rings. The second kappa shape index (κ2) is 11.2. The summed E-state index contributed by atoms with van der Waals surface area (Å²) in [6.45, 7) is 10.3. The minimum absolute atomic E-state index is 0. The summed E-state index contributed by atoms with van der Waals surface area (Å²) in [7, 11) is 0. The highest BCUT2D eigenvalue weighted by Crippen LogP contribution is 2.26. The second-order valence-corrected chi connectivity index (χ2v) is 5.91. The summed E-state index contributed by atoms with van der Waals surface area (Å²) in [6.07, 6.45) is 0. The van der Waals surface area contributed by atoms with Gasteiger partial charge in [-0.3, -0.25) is 9.89 Å². The topological polar surface area (TPSA) is 48.9 Å². The molecule has 22 heavy (non-hydrogen) atoms. The van der Waals surface area contributed by atoms with Gasteiger partial charge in [0, 0.05) is 31.1 Å². The molecule has 7 heteroatoms. The number of guanidine groups is 1. The van der Waals surface area contributed by atoms with Gasteiger partial charge in [-0.1, -0.05) is 6.07 Å². The van der Waals surface area contributed by atoms with Gasteiger partial charge >= 0.3 is 0 Å². The number of rotatable bonds is 6. The van der Waals surface area contributed by atoms with E-state index in [0.717, 1.165) is 51.9 Å². The van der Waals surface area contributed by atoms with Crippen molar-refractivity contribution in [3.05, 3.63) is 22.4 Å². The summed E-state index contributed by atoms with van der Waals surface area (Å²) >= 11 is 1.81. The molecule has 1 unspecified atom stereocenters. The summed E-state index contributed by atoms with van der Waals surface area (Å²) in [4.78, 5) is 8.62. The predicted octanol–water partition coefficient (Wildman–Crippen LogP) is 2.31. The Morgan fingerprint density at radius 2 is 2.00 bits per heavy atom. The van der Waals surface area contributed by atoms with Crippen molar-refractivity contribution in [2.24, 2.45) is 4.99 Å². The first-order valence-corrected chi connectivity index (χ1v) is 8.60. The molecule has 126 valence electrons. The standard InChI is InChI=1S/C15H26N4OS.HI/c1-3-16-15(17-4-2)18-12-13(14-6-5-11-21-14)19-7-9-20-10-8-19;/h5-6,11,13H,3-4,7-10,12H2,1-2H3,(H2,16,17,18);1H. The van der Waals surface area contributed by atoms with Crippen molar-refractivity contribution >= 4 is 41.3 Å². The SMILES string of the molecule is CCNC(=NCC(c1cccs1)N1CCOCC1)NCC.I. The molecule has 1 aromatic heterocycles. The van der Waals surface area contributed by atoms with Crippen molar-refractivity contribution in [2.75, 3.05) is 45.9 Å². The molecule has 0 radical (unpaired) electrons. The fraction of sp³-hybridized carbons (Fsp3) is 0.667. The maximum Gasteiger partial charge on any atom is 0.191 e. The van der Waals surface area contributed by atoms with Gasteiger partial charge in [0.15, 0.2) is 5.96 Å². The molecule has 1 saturated heterocycles. The van der Waals surface area contributed by atoms with E-state index in [1.807, 2.05) is 11.3 Å². The molecule has 0 aromatic carbocycles. The van der Waals surface area contributed by atoms with Crippen LogP contribution < -0.4 is 10.6 Å². The van der Waals surface area contributed by atoms with E-state index in [-0.39, 0.29) is 24.0 Å². The van der Waals surface area contributed by atoms with Crippen LogP contribution in [0.5, 0.6) is 0 Å². The Balaban J connectivity index is 0.00000242. The van der Waals surface area contributed by atoms with Gasteiger partial charge in [0.2, 0.25) is 0 Å². The van der Waals surface area contributed by atoms with Crippen molar-refractivity contribution in [1.82, 2.24) is 15.5 Å². The van der Waals surface area contributed by atoms with Crippen LogP contribution in [0.15, 0.2) is 22.5 Å². The average molecular weight is 438 g/mol. The zero-order chi connectivity index (χ0) is 14.9. The zero-order valence-corrected chi connectivity index (χ0v) is 16.5. The molecule has 1 atom stereocenters. The molecule has 1 aromatic rings. The Kier molecular flexibility index (Phi) is 10.0. The van der Waals surface area contributed by atoms with Crippen LogP contribution in [-0.2, 0) is 4.74 Å². The molecule has 2 heterocycles. The first kappa shape index (κ1) is 19.7. The maximum absolute atomic E-state index is 5.47. The average Bonchev–Trinajstić information content (AvgIpc) is 3.03. The molecule has 0 amide bonds. The van der Waals surface area contributed by atoms with E-state index < -0.39 is 0 Å². The van der Waals surface area contributed by atoms with Crippen LogP contribution in [0.25, 0.3) is 0 Å². The summed E-state index contributed by atoms with van der Waals surface area (Å²) in [5.41, 5.74) is 0. The number of thiophene rings is 1. The van der Waals surface area contributed by atoms with E-state index >= 15 is 0 Å². The van der Waals surface area contributed by atoms with E-state index in [1.165, 1.54) is 4.88 Å². The minimum Gasteiger partial charge on any atom is -0.379 e. The highest BCUT2D eigenvalue weighted by molar-refractivity contribution is 14.0. The van der Waals surface area contributed by atoms with Gasteiger partial charge in [-0.05, 0) is 25.3 Å². The number of nitrogens with zero attached hydrogens (tertiary/aromatic N) is 2. The Bertz CT molecular complexity index is 413. The predicted molar refractivity (Wildman–Crippen MR) is 105 cm³/mol. The Hall–Kier alpha value is -0.380. The molecule has 5 nitrogen and oxygen atoms in total. The van der Waals surface area contributed by atoms with Crippen molar-refractivity contribution in [3.8, 4) is 0 Å². The van der Waals surface area contributed by atoms with Gasteiger partial charge in [-0.25, -0.2) is 0 Å². The van der Waals surface area contributed by atoms with Crippen LogP contribution in [-0.4, -0.2) is 56.8 Å². The largest absolute Gasteiger partial charge is 0.379 e. The lowest BCUT2D eigenvalue weighted by Gasteiger charge is -2.33. The molecule has 0 bridgehead atoms. The maximum atomic E-state index is 5.47. The van der Waals surface area contributed by atoms with E-state index in [2.05, 4.69) is 46.9 Å². The van der Waals surface area contributed by atoms with Crippen LogP contribution in [0.1, 0.15) is 24.8 Å². The van der Waals surface area contributed by atoms with Crippen molar-refractivity contribution < 1.29 is 4.74 Å². The van der Waals surface area contributed by atoms with Crippen molar-refractivity contribution in [2.45, 2.75) is 19.9 Å². The summed E-state index contributed by atoms with van der Waals surface area (Å²) in [5, 5.41) is 8.71. The highest BCUT2D eigenvalue weighted by atomic mass is 127. The minimum atomic E-state index is 0. The molecule has 0 aliphatic carbocycles. The Morgan fingerprint density at radius 1 is 1.32 bits per heavy atom. The molecule has 2 N–H and O–H groups in total. The smallest absolute Gasteiger partial charge is 0.191 e. The van der Waals surface area contributed by atoms with Crippen LogP contribution in [0.3, 0.4) is 0 Å². The number of hydrogen-bond acceptors (Lipinski definition) is 4. The fourth-order valence-electron chi connectivity index (χ4n) is 2.44. The third kappa shape index (κ3) is 6.02. The third-order valence-electron chi connectivity index (χ3n) is 3.47. The zero-order valence-electron chi connectivity index (χ0n) is 13.4. The molecule has 0 spiro atoms. The van der Waals surface area contributed by atoms with Gasteiger partial charge in [0.25, 0.3) is 0 Å². The van der Waals surface area contributed by atoms with E-state index in [9.17, 15) is 0 Å². The molecule has 1 aliphatic rings. The summed E-state index contributed by atoms with van der Waals surface area (Å²) < 4.78 is 5.47. The van der Waals surface area contributed by atoms with Gasteiger partial charge in [-0.2, -0.15) is 0 Å². The lowest BCUT2D eigenvalue weighted by molar-refractivity contribution is 0.0186. The van der Waals surface area contributed by atoms with Crippen LogP contribution in [0.2, 0.25) is 0 Å². The highest BCUT2D eigenvalue weighted by Gasteiger charge is 2.23. The summed E-state index contributed by atoms with van der Waals surface area (Å²) in [6, 6.07) is 4.67. The number of nitrogens with one attached hydrogen (secondary N) is 2. The summed E-state index contributed by atoms with van der Waals surface area (Å²) in [5.74, 6) is 0.898. The van der Waals surface area contributed by atoms with E-state index in [1.54, 1.807) is 0 Å². The number of hydrogen-bond donors (Lipinski definition) is 2. The molecular weight excluding hydrogens is 411 g/mol. The van der Waals surface area contributed by atoms with Gasteiger partial charge < -0.3 is 15.4 Å². The number of halogens is 1. The van der Waals surface area contributed by atoms with Crippen LogP contribution >= 0.6 is 35.3 Å². The first-order valence-electron chi connectivity index (χ1n) is 7.72. The van der Waals surface area contributed by atoms with E-state index in [4.69, 9.17) is 9.73 Å². The van der Waals surface area contributed by atoms with E-state index in [0.29, 0.717) is 6.04 Å². The monoisotopic (exact) mass is 438 g/mol. The van der Waals surface area contributed by atoms with Crippen molar-refractivity contribution in [1.29, 1.82) is 0 Å². The second-order valence-electron chi connectivity index (χ2n) is 4.93.